The van der Waals surface area contributed by atoms with Gasteiger partial charge in [0.1, 0.15) is 19.0 Å². The van der Waals surface area contributed by atoms with Crippen molar-refractivity contribution in [1.29, 1.82) is 0 Å². The molecule has 0 atom stereocenters. The van der Waals surface area contributed by atoms with Crippen molar-refractivity contribution in [1.82, 2.24) is 4.90 Å². The van der Waals surface area contributed by atoms with Gasteiger partial charge in [-0.25, -0.2) is 4.39 Å². The Bertz CT molecular complexity index is 1260. The van der Waals surface area contributed by atoms with E-state index < -0.39 is 11.7 Å². The molecule has 0 saturated carbocycles. The van der Waals surface area contributed by atoms with E-state index in [4.69, 9.17) is 15.2 Å². The summed E-state index contributed by atoms with van der Waals surface area (Å²) < 4.78 is 23.8. The quantitative estimate of drug-likeness (QED) is 0.385. The number of hydrogen-bond donors (Lipinski definition) is 1. The number of ether oxygens (including phenoxy) is 2. The van der Waals surface area contributed by atoms with Crippen LogP contribution in [0.4, 0.5) is 4.39 Å². The number of aryl methyl sites for hydroxylation is 1. The number of halogens is 1. The molecule has 3 aromatic carbocycles. The first-order chi connectivity index (χ1) is 17.9. The number of carbonyl (C=O) groups excluding carboxylic acids is 3. The van der Waals surface area contributed by atoms with Crippen LogP contribution in [0.25, 0.3) is 11.1 Å². The minimum Gasteiger partial charge on any atom is -0.486 e. The van der Waals surface area contributed by atoms with Crippen molar-refractivity contribution in [3.05, 3.63) is 83.7 Å². The van der Waals surface area contributed by atoms with Gasteiger partial charge in [0.15, 0.2) is 11.5 Å². The van der Waals surface area contributed by atoms with E-state index in [2.05, 4.69) is 12.1 Å². The second kappa shape index (κ2) is 12.2. The second-order valence-corrected chi connectivity index (χ2v) is 8.84. The minimum atomic E-state index is -0.982. The molecule has 2 amide bonds. The van der Waals surface area contributed by atoms with Crippen LogP contribution < -0.4 is 15.2 Å². The first kappa shape index (κ1) is 25.9. The number of benzene rings is 3. The van der Waals surface area contributed by atoms with E-state index in [0.717, 1.165) is 61.4 Å². The number of nitrogens with two attached hydrogens (primary N) is 1. The van der Waals surface area contributed by atoms with Gasteiger partial charge in [0.05, 0.1) is 0 Å². The molecule has 5 rings (SSSR count). The predicted molar refractivity (Wildman–Crippen MR) is 137 cm³/mol. The van der Waals surface area contributed by atoms with Gasteiger partial charge in [-0.3, -0.25) is 14.4 Å². The Kier molecular flexibility index (Phi) is 8.51. The molecular formula is C29H29FN2O5. The molecule has 8 heteroatoms. The molecule has 37 heavy (non-hydrogen) atoms. The molecule has 192 valence electrons. The molecule has 0 bridgehead atoms. The Labute approximate surface area is 215 Å². The maximum absolute atomic E-state index is 12.8. The van der Waals surface area contributed by atoms with E-state index in [0.29, 0.717) is 19.1 Å². The molecule has 3 aromatic rings. The summed E-state index contributed by atoms with van der Waals surface area (Å²) in [4.78, 5) is 35.5. The van der Waals surface area contributed by atoms with E-state index in [1.54, 1.807) is 24.3 Å². The van der Waals surface area contributed by atoms with Gasteiger partial charge in [-0.05, 0) is 60.2 Å². The molecule has 2 aliphatic heterocycles. The van der Waals surface area contributed by atoms with Crippen molar-refractivity contribution in [3.63, 3.8) is 0 Å². The zero-order valence-electron chi connectivity index (χ0n) is 20.5. The Morgan fingerprint density at radius 3 is 2.16 bits per heavy atom. The number of ketones is 1. The van der Waals surface area contributed by atoms with Crippen LogP contribution in [-0.2, 0) is 16.0 Å². The first-order valence-electron chi connectivity index (χ1n) is 12.3. The zero-order valence-corrected chi connectivity index (χ0v) is 20.5. The predicted octanol–water partition coefficient (Wildman–Crippen LogP) is 4.17. The summed E-state index contributed by atoms with van der Waals surface area (Å²) >= 11 is 0. The smallest absolute Gasteiger partial charge is 0.289 e. The van der Waals surface area contributed by atoms with Crippen molar-refractivity contribution < 1.29 is 28.2 Å². The van der Waals surface area contributed by atoms with Gasteiger partial charge in [0.2, 0.25) is 11.7 Å². The number of Topliss-reactive ketones (excluding diaryl/α,β-unsaturated/α-hetero) is 1. The summed E-state index contributed by atoms with van der Waals surface area (Å²) in [5.41, 5.74) is 8.05. The number of fused-ring (bicyclic) bond motifs is 1. The third-order valence-corrected chi connectivity index (χ3v) is 6.22. The molecule has 0 aliphatic carbocycles. The Balaban J connectivity index is 0.000000173. The summed E-state index contributed by atoms with van der Waals surface area (Å²) in [5.74, 6) is -0.0163. The fourth-order valence-electron chi connectivity index (χ4n) is 4.26. The lowest BCUT2D eigenvalue weighted by atomic mass is 10.0. The largest absolute Gasteiger partial charge is 0.486 e. The van der Waals surface area contributed by atoms with E-state index in [1.165, 1.54) is 29.8 Å². The summed E-state index contributed by atoms with van der Waals surface area (Å²) in [6.45, 7) is 3.05. The number of hydrogen-bond acceptors (Lipinski definition) is 5. The Morgan fingerprint density at radius 1 is 0.892 bits per heavy atom. The van der Waals surface area contributed by atoms with E-state index in [-0.39, 0.29) is 11.4 Å². The molecule has 7 nitrogen and oxygen atoms in total. The van der Waals surface area contributed by atoms with Crippen molar-refractivity contribution in [3.8, 4) is 22.6 Å². The van der Waals surface area contributed by atoms with E-state index >= 15 is 0 Å². The summed E-state index contributed by atoms with van der Waals surface area (Å²) in [6.07, 6.45) is 3.72. The Hall–Kier alpha value is -4.20. The van der Waals surface area contributed by atoms with Crippen LogP contribution in [0.15, 0.2) is 66.7 Å². The van der Waals surface area contributed by atoms with Gasteiger partial charge < -0.3 is 20.1 Å². The maximum Gasteiger partial charge on any atom is 0.289 e. The molecule has 0 spiro atoms. The normalized spacial score (nSPS) is 14.1. The van der Waals surface area contributed by atoms with Gasteiger partial charge >= 0.3 is 0 Å². The molecule has 0 aromatic heterocycles. The van der Waals surface area contributed by atoms with Crippen LogP contribution in [0.2, 0.25) is 0 Å². The van der Waals surface area contributed by atoms with Crippen LogP contribution in [0.5, 0.6) is 11.5 Å². The average Bonchev–Trinajstić information content (AvgIpc) is 3.33. The van der Waals surface area contributed by atoms with Gasteiger partial charge in [-0.2, -0.15) is 0 Å². The standard InChI is InChI=1S/C15H19NO3.C14H10FNO2/c17-15-4-2-8-16(15)7-1-3-12-5-6-13-14(11-12)19-10-9-18-13;15-12-7-5-10(6-8-12)9-1-3-11(4-2-9)13(17)14(16)18/h5-6,11H,1-4,7-10H2;1-8H,(H2,16,18). The number of primary amides is 1. The van der Waals surface area contributed by atoms with Gasteiger partial charge in [-0.1, -0.05) is 42.5 Å². The number of carbonyl (C=O) groups is 3. The second-order valence-electron chi connectivity index (χ2n) is 8.84. The molecule has 1 saturated heterocycles. The lowest BCUT2D eigenvalue weighted by Gasteiger charge is -2.19. The third-order valence-electron chi connectivity index (χ3n) is 6.22. The number of rotatable bonds is 7. The molecule has 2 aliphatic rings. The number of amides is 2. The van der Waals surface area contributed by atoms with Crippen molar-refractivity contribution in [2.75, 3.05) is 26.3 Å². The van der Waals surface area contributed by atoms with Crippen LogP contribution in [-0.4, -0.2) is 48.8 Å². The number of nitrogens with zero attached hydrogens (tertiary/aromatic N) is 1. The summed E-state index contributed by atoms with van der Waals surface area (Å²) in [7, 11) is 0. The Morgan fingerprint density at radius 2 is 1.54 bits per heavy atom. The SMILES string of the molecule is NC(=O)C(=O)c1ccc(-c2ccc(F)cc2)cc1.O=C1CCCN1CCCc1ccc2c(c1)OCCO2. The molecule has 2 heterocycles. The van der Waals surface area contributed by atoms with Crippen LogP contribution in [0.1, 0.15) is 35.2 Å². The van der Waals surface area contributed by atoms with Crippen molar-refractivity contribution in [2.45, 2.75) is 25.7 Å². The maximum atomic E-state index is 12.8. The fraction of sp³-hybridized carbons (Fsp3) is 0.276. The van der Waals surface area contributed by atoms with Crippen LogP contribution >= 0.6 is 0 Å². The summed E-state index contributed by atoms with van der Waals surface area (Å²) in [5, 5.41) is 0. The van der Waals surface area contributed by atoms with Gasteiger partial charge in [0.25, 0.3) is 5.91 Å². The number of likely N-dealkylation sites (tertiary alicyclic amines) is 1. The first-order valence-corrected chi connectivity index (χ1v) is 12.3. The molecule has 1 fully saturated rings. The highest BCUT2D eigenvalue weighted by Crippen LogP contribution is 2.31. The van der Waals surface area contributed by atoms with Gasteiger partial charge in [-0.15, -0.1) is 0 Å². The fourth-order valence-corrected chi connectivity index (χ4v) is 4.26. The average molecular weight is 505 g/mol. The highest BCUT2D eigenvalue weighted by molar-refractivity contribution is 6.42. The monoisotopic (exact) mass is 504 g/mol. The van der Waals surface area contributed by atoms with E-state index in [1.807, 2.05) is 11.0 Å². The lowest BCUT2D eigenvalue weighted by molar-refractivity contribution is -0.127. The molecule has 2 N–H and O–H groups in total. The van der Waals surface area contributed by atoms with Crippen LogP contribution in [0.3, 0.4) is 0 Å². The topological polar surface area (TPSA) is 98.9 Å². The highest BCUT2D eigenvalue weighted by Gasteiger charge is 2.19. The zero-order chi connectivity index (χ0) is 26.2. The van der Waals surface area contributed by atoms with E-state index in [9.17, 15) is 18.8 Å². The third kappa shape index (κ3) is 6.94. The lowest BCUT2D eigenvalue weighted by Crippen LogP contribution is -2.25. The molecular weight excluding hydrogens is 475 g/mol. The minimum absolute atomic E-state index is 0.244. The highest BCUT2D eigenvalue weighted by atomic mass is 19.1. The molecule has 0 unspecified atom stereocenters. The van der Waals surface area contributed by atoms with Crippen molar-refractivity contribution in [2.24, 2.45) is 5.73 Å². The van der Waals surface area contributed by atoms with Gasteiger partial charge in [0, 0.05) is 25.1 Å². The van der Waals surface area contributed by atoms with Crippen molar-refractivity contribution >= 4 is 17.6 Å². The van der Waals surface area contributed by atoms with Crippen LogP contribution in [0, 0.1) is 5.82 Å². The molecule has 0 radical (unpaired) electrons. The summed E-state index contributed by atoms with van der Waals surface area (Å²) in [6, 6.07) is 18.5.